The molecule has 1 aliphatic heterocycles. The highest BCUT2D eigenvalue weighted by Crippen LogP contribution is 2.22. The molecule has 0 atom stereocenters. The molecule has 0 spiro atoms. The SMILES string of the molecule is O=S(=O)(NC1(CO)CCOCC1)c1cn[nH]c1. The molecule has 8 heteroatoms. The summed E-state index contributed by atoms with van der Waals surface area (Å²) in [4.78, 5) is 0.0665. The first kappa shape index (κ1) is 12.5. The molecule has 0 aliphatic carbocycles. The molecule has 0 amide bonds. The van der Waals surface area contributed by atoms with Crippen LogP contribution < -0.4 is 4.72 Å². The highest BCUT2D eigenvalue weighted by atomic mass is 32.2. The summed E-state index contributed by atoms with van der Waals surface area (Å²) in [6.07, 6.45) is 3.45. The molecule has 0 bridgehead atoms. The molecule has 2 heterocycles. The van der Waals surface area contributed by atoms with Gasteiger partial charge in [-0.15, -0.1) is 0 Å². The maximum atomic E-state index is 12.0. The van der Waals surface area contributed by atoms with Crippen molar-refractivity contribution in [3.05, 3.63) is 12.4 Å². The Kier molecular flexibility index (Phi) is 3.48. The zero-order valence-corrected chi connectivity index (χ0v) is 10.0. The van der Waals surface area contributed by atoms with E-state index in [9.17, 15) is 13.5 Å². The van der Waals surface area contributed by atoms with Gasteiger partial charge in [0.1, 0.15) is 4.90 Å². The van der Waals surface area contributed by atoms with E-state index in [4.69, 9.17) is 4.74 Å². The van der Waals surface area contributed by atoms with Crippen LogP contribution in [-0.4, -0.2) is 49.1 Å². The first-order chi connectivity index (χ1) is 8.08. The molecule has 0 aromatic carbocycles. The van der Waals surface area contributed by atoms with Gasteiger partial charge in [0, 0.05) is 19.4 Å². The Bertz CT molecular complexity index is 451. The van der Waals surface area contributed by atoms with Gasteiger partial charge in [0.15, 0.2) is 0 Å². The number of rotatable bonds is 4. The summed E-state index contributed by atoms with van der Waals surface area (Å²) in [7, 11) is -3.65. The van der Waals surface area contributed by atoms with E-state index in [2.05, 4.69) is 14.9 Å². The lowest BCUT2D eigenvalue weighted by Crippen LogP contribution is -2.54. The van der Waals surface area contributed by atoms with Gasteiger partial charge in [0.25, 0.3) is 0 Å². The lowest BCUT2D eigenvalue weighted by molar-refractivity contribution is 0.0223. The van der Waals surface area contributed by atoms with Crippen molar-refractivity contribution in [2.45, 2.75) is 23.3 Å². The topological polar surface area (TPSA) is 104 Å². The van der Waals surface area contributed by atoms with Crippen LogP contribution >= 0.6 is 0 Å². The van der Waals surface area contributed by atoms with Crippen molar-refractivity contribution in [1.82, 2.24) is 14.9 Å². The van der Waals surface area contributed by atoms with Crippen LogP contribution in [0.5, 0.6) is 0 Å². The van der Waals surface area contributed by atoms with Crippen molar-refractivity contribution in [2.24, 2.45) is 0 Å². The number of aliphatic hydroxyl groups is 1. The molecule has 2 rings (SSSR count). The summed E-state index contributed by atoms with van der Waals surface area (Å²) in [6.45, 7) is 0.635. The van der Waals surface area contributed by atoms with Crippen LogP contribution in [0.2, 0.25) is 0 Å². The van der Waals surface area contributed by atoms with Gasteiger partial charge in [0.2, 0.25) is 10.0 Å². The van der Waals surface area contributed by atoms with Gasteiger partial charge in [-0.05, 0) is 12.8 Å². The predicted octanol–water partition coefficient (Wildman–Crippen LogP) is -0.771. The van der Waals surface area contributed by atoms with E-state index < -0.39 is 15.6 Å². The number of hydrogen-bond donors (Lipinski definition) is 3. The van der Waals surface area contributed by atoms with Crippen LogP contribution in [0, 0.1) is 0 Å². The number of aliphatic hydroxyl groups excluding tert-OH is 1. The molecule has 1 aliphatic rings. The summed E-state index contributed by atoms with van der Waals surface area (Å²) in [5.74, 6) is 0. The van der Waals surface area contributed by atoms with Crippen molar-refractivity contribution in [3.63, 3.8) is 0 Å². The van der Waals surface area contributed by atoms with Crippen LogP contribution in [0.15, 0.2) is 17.3 Å². The fourth-order valence-electron chi connectivity index (χ4n) is 1.78. The average Bonchev–Trinajstić information content (AvgIpc) is 2.84. The van der Waals surface area contributed by atoms with E-state index in [0.29, 0.717) is 26.1 Å². The van der Waals surface area contributed by atoms with Gasteiger partial charge in [0.05, 0.1) is 18.3 Å². The van der Waals surface area contributed by atoms with Gasteiger partial charge in [-0.1, -0.05) is 0 Å². The zero-order chi connectivity index (χ0) is 12.4. The Balaban J connectivity index is 2.19. The molecule has 1 aromatic rings. The summed E-state index contributed by atoms with van der Waals surface area (Å²) in [6, 6.07) is 0. The minimum absolute atomic E-state index is 0.0665. The predicted molar refractivity (Wildman–Crippen MR) is 58.8 cm³/mol. The lowest BCUT2D eigenvalue weighted by atomic mass is 9.93. The maximum Gasteiger partial charge on any atom is 0.244 e. The van der Waals surface area contributed by atoms with E-state index in [1.807, 2.05) is 0 Å². The van der Waals surface area contributed by atoms with Crippen molar-refractivity contribution < 1.29 is 18.3 Å². The molecular weight excluding hydrogens is 246 g/mol. The number of hydrogen-bond acceptors (Lipinski definition) is 5. The first-order valence-corrected chi connectivity index (χ1v) is 6.78. The van der Waals surface area contributed by atoms with Gasteiger partial charge in [-0.3, -0.25) is 5.10 Å². The summed E-state index contributed by atoms with van der Waals surface area (Å²) < 4.78 is 31.7. The normalized spacial score (nSPS) is 20.3. The minimum atomic E-state index is -3.65. The summed E-state index contributed by atoms with van der Waals surface area (Å²) in [5.41, 5.74) is -0.825. The molecule has 0 unspecified atom stereocenters. The Hall–Kier alpha value is -0.960. The Morgan fingerprint density at radius 1 is 1.53 bits per heavy atom. The van der Waals surface area contributed by atoms with Crippen molar-refractivity contribution in [1.29, 1.82) is 0 Å². The fraction of sp³-hybridized carbons (Fsp3) is 0.667. The summed E-state index contributed by atoms with van der Waals surface area (Å²) >= 11 is 0. The number of nitrogens with zero attached hydrogens (tertiary/aromatic N) is 1. The zero-order valence-electron chi connectivity index (χ0n) is 9.22. The van der Waals surface area contributed by atoms with Gasteiger partial charge in [-0.25, -0.2) is 13.1 Å². The number of aromatic amines is 1. The Morgan fingerprint density at radius 2 is 2.24 bits per heavy atom. The lowest BCUT2D eigenvalue weighted by Gasteiger charge is -2.35. The molecule has 0 radical (unpaired) electrons. The van der Waals surface area contributed by atoms with E-state index in [1.54, 1.807) is 0 Å². The summed E-state index contributed by atoms with van der Waals surface area (Å²) in [5, 5.41) is 15.4. The smallest absolute Gasteiger partial charge is 0.244 e. The first-order valence-electron chi connectivity index (χ1n) is 5.29. The largest absolute Gasteiger partial charge is 0.394 e. The van der Waals surface area contributed by atoms with Crippen molar-refractivity contribution in [3.8, 4) is 0 Å². The van der Waals surface area contributed by atoms with Crippen molar-refractivity contribution >= 4 is 10.0 Å². The number of aromatic nitrogens is 2. The highest BCUT2D eigenvalue weighted by molar-refractivity contribution is 7.89. The number of sulfonamides is 1. The second kappa shape index (κ2) is 4.73. The molecule has 3 N–H and O–H groups in total. The number of H-pyrrole nitrogens is 1. The van der Waals surface area contributed by atoms with Crippen LogP contribution in [-0.2, 0) is 14.8 Å². The molecule has 17 heavy (non-hydrogen) atoms. The van der Waals surface area contributed by atoms with Crippen LogP contribution in [0.1, 0.15) is 12.8 Å². The molecule has 96 valence electrons. The van der Waals surface area contributed by atoms with E-state index in [-0.39, 0.29) is 11.5 Å². The third kappa shape index (κ3) is 2.65. The molecule has 1 saturated heterocycles. The van der Waals surface area contributed by atoms with Crippen LogP contribution in [0.4, 0.5) is 0 Å². The molecular formula is C9H15N3O4S. The van der Waals surface area contributed by atoms with Gasteiger partial charge < -0.3 is 9.84 Å². The van der Waals surface area contributed by atoms with Crippen LogP contribution in [0.25, 0.3) is 0 Å². The van der Waals surface area contributed by atoms with E-state index in [0.717, 1.165) is 0 Å². The molecule has 1 aromatic heterocycles. The monoisotopic (exact) mass is 261 g/mol. The quantitative estimate of drug-likeness (QED) is 0.660. The highest BCUT2D eigenvalue weighted by Gasteiger charge is 2.36. The van der Waals surface area contributed by atoms with Gasteiger partial charge >= 0.3 is 0 Å². The minimum Gasteiger partial charge on any atom is -0.394 e. The number of ether oxygens (including phenoxy) is 1. The maximum absolute atomic E-state index is 12.0. The molecule has 0 saturated carbocycles. The standard InChI is InChI=1S/C9H15N3O4S/c13-7-9(1-3-16-4-2-9)12-17(14,15)8-5-10-11-6-8/h5-6,12-13H,1-4,7H2,(H,10,11). The Labute approximate surface area is 99.2 Å². The molecule has 7 nitrogen and oxygen atoms in total. The second-order valence-corrected chi connectivity index (χ2v) is 5.77. The van der Waals surface area contributed by atoms with Gasteiger partial charge in [-0.2, -0.15) is 5.10 Å². The van der Waals surface area contributed by atoms with Crippen molar-refractivity contribution in [2.75, 3.05) is 19.8 Å². The molecule has 1 fully saturated rings. The second-order valence-electron chi connectivity index (χ2n) is 4.09. The number of nitrogens with one attached hydrogen (secondary N) is 2. The average molecular weight is 261 g/mol. The fourth-order valence-corrected chi connectivity index (χ4v) is 3.14. The third-order valence-corrected chi connectivity index (χ3v) is 4.43. The van der Waals surface area contributed by atoms with Crippen LogP contribution in [0.3, 0.4) is 0 Å². The van der Waals surface area contributed by atoms with E-state index >= 15 is 0 Å². The Morgan fingerprint density at radius 3 is 2.76 bits per heavy atom. The van der Waals surface area contributed by atoms with E-state index in [1.165, 1.54) is 12.4 Å². The third-order valence-electron chi connectivity index (χ3n) is 2.89.